The molecule has 4 heteroatoms. The minimum Gasteiger partial charge on any atom is -0.325 e. The van der Waals surface area contributed by atoms with Crippen molar-refractivity contribution in [3.63, 3.8) is 0 Å². The molecule has 0 spiro atoms. The topological polar surface area (TPSA) is 29.1 Å². The quantitative estimate of drug-likeness (QED) is 0.880. The van der Waals surface area contributed by atoms with Crippen LogP contribution in [-0.2, 0) is 11.2 Å². The number of thiophene rings is 1. The van der Waals surface area contributed by atoms with E-state index in [9.17, 15) is 4.79 Å². The van der Waals surface area contributed by atoms with Gasteiger partial charge in [-0.2, -0.15) is 11.3 Å². The van der Waals surface area contributed by atoms with Crippen molar-refractivity contribution in [1.82, 2.24) is 0 Å². The average molecular weight is 264 g/mol. The maximum absolute atomic E-state index is 11.9. The van der Waals surface area contributed by atoms with Crippen LogP contribution >= 0.6 is 22.9 Å². The Balaban J connectivity index is 1.96. The molecule has 0 saturated heterocycles. The predicted octanol–water partition coefficient (Wildman–Crippen LogP) is 3.68. The van der Waals surface area contributed by atoms with Gasteiger partial charge in [-0.15, -0.1) is 0 Å². The van der Waals surface area contributed by atoms with Crippen molar-refractivity contribution in [2.45, 2.75) is 12.3 Å². The fourth-order valence-electron chi connectivity index (χ4n) is 2.14. The molecule has 0 unspecified atom stereocenters. The summed E-state index contributed by atoms with van der Waals surface area (Å²) < 4.78 is 0. The van der Waals surface area contributed by atoms with Crippen molar-refractivity contribution in [1.29, 1.82) is 0 Å². The van der Waals surface area contributed by atoms with Gasteiger partial charge in [-0.05, 0) is 52.6 Å². The van der Waals surface area contributed by atoms with Crippen LogP contribution in [0.25, 0.3) is 0 Å². The molecule has 1 aliphatic rings. The number of anilines is 1. The molecule has 0 aliphatic carbocycles. The van der Waals surface area contributed by atoms with E-state index in [0.29, 0.717) is 5.02 Å². The Morgan fingerprint density at radius 1 is 1.35 bits per heavy atom. The third kappa shape index (κ3) is 1.96. The summed E-state index contributed by atoms with van der Waals surface area (Å²) in [5.74, 6) is -0.0493. The van der Waals surface area contributed by atoms with Gasteiger partial charge in [0.05, 0.1) is 5.92 Å². The van der Waals surface area contributed by atoms with Crippen molar-refractivity contribution in [3.8, 4) is 0 Å². The molecule has 1 aliphatic heterocycles. The van der Waals surface area contributed by atoms with Crippen LogP contribution < -0.4 is 5.32 Å². The molecule has 0 fully saturated rings. The van der Waals surface area contributed by atoms with Crippen LogP contribution in [0.1, 0.15) is 17.0 Å². The number of hydrogen-bond acceptors (Lipinski definition) is 2. The molecule has 0 bridgehead atoms. The summed E-state index contributed by atoms with van der Waals surface area (Å²) in [6.07, 6.45) is 0.739. The fraction of sp³-hybridized carbons (Fsp3) is 0.154. The lowest BCUT2D eigenvalue weighted by Gasteiger charge is -2.07. The van der Waals surface area contributed by atoms with Crippen LogP contribution in [0, 0.1) is 0 Å². The fourth-order valence-corrected chi connectivity index (χ4v) is 3.01. The molecular weight excluding hydrogens is 254 g/mol. The average Bonchev–Trinajstić information content (AvgIpc) is 2.90. The summed E-state index contributed by atoms with van der Waals surface area (Å²) in [5.41, 5.74) is 3.09. The van der Waals surface area contributed by atoms with E-state index in [-0.39, 0.29) is 11.8 Å². The number of carbonyl (C=O) groups is 1. The first kappa shape index (κ1) is 10.8. The lowest BCUT2D eigenvalue weighted by molar-refractivity contribution is -0.117. The Morgan fingerprint density at radius 3 is 3.00 bits per heavy atom. The molecule has 1 amide bonds. The first-order valence-corrected chi connectivity index (χ1v) is 6.67. The SMILES string of the molecule is O=C1Nc2ccc(Cl)cc2[C@@H]1Cc1ccsc1. The number of carbonyl (C=O) groups excluding carboxylic acids is 1. The third-order valence-corrected chi connectivity index (χ3v) is 3.95. The number of nitrogens with one attached hydrogen (secondary N) is 1. The highest BCUT2D eigenvalue weighted by Gasteiger charge is 2.30. The zero-order chi connectivity index (χ0) is 11.8. The van der Waals surface area contributed by atoms with Crippen LogP contribution in [0.4, 0.5) is 5.69 Å². The van der Waals surface area contributed by atoms with E-state index in [1.54, 1.807) is 17.4 Å². The molecule has 2 nitrogen and oxygen atoms in total. The molecule has 3 rings (SSSR count). The molecule has 1 aromatic heterocycles. The monoisotopic (exact) mass is 263 g/mol. The van der Waals surface area contributed by atoms with Gasteiger partial charge in [0.15, 0.2) is 0 Å². The number of hydrogen-bond donors (Lipinski definition) is 1. The number of halogens is 1. The molecule has 0 saturated carbocycles. The standard InChI is InChI=1S/C13H10ClNOS/c14-9-1-2-12-10(6-9)11(13(16)15-12)5-8-3-4-17-7-8/h1-4,6-7,11H,5H2,(H,15,16)/t11-/m0/s1. The van der Waals surface area contributed by atoms with E-state index in [1.807, 2.05) is 17.5 Å². The predicted molar refractivity (Wildman–Crippen MR) is 70.8 cm³/mol. The second-order valence-electron chi connectivity index (χ2n) is 4.11. The summed E-state index contributed by atoms with van der Waals surface area (Å²) in [7, 11) is 0. The third-order valence-electron chi connectivity index (χ3n) is 2.98. The minimum absolute atomic E-state index is 0.0634. The molecule has 0 radical (unpaired) electrons. The van der Waals surface area contributed by atoms with Crippen LogP contribution in [0.2, 0.25) is 5.02 Å². The number of amides is 1. The number of benzene rings is 1. The van der Waals surface area contributed by atoms with Gasteiger partial charge in [0.2, 0.25) is 5.91 Å². The van der Waals surface area contributed by atoms with Crippen LogP contribution in [0.3, 0.4) is 0 Å². The van der Waals surface area contributed by atoms with Gasteiger partial charge in [-0.25, -0.2) is 0 Å². The second-order valence-corrected chi connectivity index (χ2v) is 5.33. The van der Waals surface area contributed by atoms with Gasteiger partial charge >= 0.3 is 0 Å². The van der Waals surface area contributed by atoms with Crippen LogP contribution in [0.5, 0.6) is 0 Å². The Hall–Kier alpha value is -1.32. The molecule has 1 N–H and O–H groups in total. The molecule has 86 valence electrons. The summed E-state index contributed by atoms with van der Waals surface area (Å²) in [5, 5.41) is 7.68. The first-order chi connectivity index (χ1) is 8.24. The Morgan fingerprint density at radius 2 is 2.24 bits per heavy atom. The van der Waals surface area contributed by atoms with E-state index in [0.717, 1.165) is 17.7 Å². The highest BCUT2D eigenvalue weighted by molar-refractivity contribution is 7.07. The molecule has 2 heterocycles. The van der Waals surface area contributed by atoms with E-state index in [4.69, 9.17) is 11.6 Å². The normalized spacial score (nSPS) is 17.9. The highest BCUT2D eigenvalue weighted by atomic mass is 35.5. The van der Waals surface area contributed by atoms with E-state index in [1.165, 1.54) is 5.56 Å². The molecule has 1 aromatic carbocycles. The lowest BCUT2D eigenvalue weighted by atomic mass is 9.94. The van der Waals surface area contributed by atoms with Crippen LogP contribution in [-0.4, -0.2) is 5.91 Å². The zero-order valence-electron chi connectivity index (χ0n) is 8.94. The Kier molecular flexibility index (Phi) is 2.65. The summed E-state index contributed by atoms with van der Waals surface area (Å²) >= 11 is 7.63. The van der Waals surface area contributed by atoms with E-state index in [2.05, 4.69) is 16.8 Å². The maximum Gasteiger partial charge on any atom is 0.232 e. The number of fused-ring (bicyclic) bond motifs is 1. The van der Waals surface area contributed by atoms with Gasteiger partial charge in [0.1, 0.15) is 0 Å². The second kappa shape index (κ2) is 4.17. The first-order valence-electron chi connectivity index (χ1n) is 5.35. The van der Waals surface area contributed by atoms with E-state index < -0.39 is 0 Å². The van der Waals surface area contributed by atoms with Gasteiger partial charge in [0, 0.05) is 10.7 Å². The largest absolute Gasteiger partial charge is 0.325 e. The molecule has 2 aromatic rings. The van der Waals surface area contributed by atoms with Crippen LogP contribution in [0.15, 0.2) is 35.0 Å². The smallest absolute Gasteiger partial charge is 0.232 e. The summed E-state index contributed by atoms with van der Waals surface area (Å²) in [6, 6.07) is 7.60. The minimum atomic E-state index is -0.113. The van der Waals surface area contributed by atoms with E-state index >= 15 is 0 Å². The molecule has 17 heavy (non-hydrogen) atoms. The van der Waals surface area contributed by atoms with Gasteiger partial charge in [-0.3, -0.25) is 4.79 Å². The van der Waals surface area contributed by atoms with Gasteiger partial charge < -0.3 is 5.32 Å². The lowest BCUT2D eigenvalue weighted by Crippen LogP contribution is -2.13. The van der Waals surface area contributed by atoms with Gasteiger partial charge in [0.25, 0.3) is 0 Å². The Labute approximate surface area is 108 Å². The summed E-state index contributed by atoms with van der Waals surface area (Å²) in [4.78, 5) is 11.9. The summed E-state index contributed by atoms with van der Waals surface area (Å²) in [6.45, 7) is 0. The van der Waals surface area contributed by atoms with Crippen molar-refractivity contribution in [2.24, 2.45) is 0 Å². The van der Waals surface area contributed by atoms with Crippen molar-refractivity contribution in [3.05, 3.63) is 51.2 Å². The zero-order valence-corrected chi connectivity index (χ0v) is 10.5. The maximum atomic E-state index is 11.9. The molecule has 1 atom stereocenters. The molecular formula is C13H10ClNOS. The highest BCUT2D eigenvalue weighted by Crippen LogP contribution is 2.36. The van der Waals surface area contributed by atoms with Crippen molar-refractivity contribution < 1.29 is 4.79 Å². The number of rotatable bonds is 2. The Bertz CT molecular complexity index is 565. The van der Waals surface area contributed by atoms with Crippen molar-refractivity contribution >= 4 is 34.5 Å². The van der Waals surface area contributed by atoms with Gasteiger partial charge in [-0.1, -0.05) is 11.6 Å². The van der Waals surface area contributed by atoms with Crippen molar-refractivity contribution in [2.75, 3.05) is 5.32 Å².